The van der Waals surface area contributed by atoms with Gasteiger partial charge in [-0.3, -0.25) is 9.59 Å². The predicted molar refractivity (Wildman–Crippen MR) is 104 cm³/mol. The lowest BCUT2D eigenvalue weighted by Gasteiger charge is -2.20. The number of Topliss-reactive ketones (excluding diaryl/α,β-unsaturated/α-hetero) is 1. The van der Waals surface area contributed by atoms with E-state index in [0.717, 1.165) is 62.8 Å². The van der Waals surface area contributed by atoms with Crippen LogP contribution in [0, 0.1) is 17.8 Å². The maximum Gasteiger partial charge on any atom is 0.223 e. The van der Waals surface area contributed by atoms with Gasteiger partial charge in [-0.2, -0.15) is 0 Å². The van der Waals surface area contributed by atoms with E-state index in [-0.39, 0.29) is 11.7 Å². The Morgan fingerprint density at radius 2 is 1.65 bits per heavy atom. The second-order valence-corrected chi connectivity index (χ2v) is 8.35. The molecule has 0 aliphatic carbocycles. The lowest BCUT2D eigenvalue weighted by Crippen LogP contribution is -2.32. The molecule has 2 aliphatic rings. The second-order valence-electron chi connectivity index (χ2n) is 8.35. The van der Waals surface area contributed by atoms with Crippen LogP contribution in [0.3, 0.4) is 0 Å². The number of benzene rings is 1. The summed E-state index contributed by atoms with van der Waals surface area (Å²) in [6.45, 7) is 8.27. The second kappa shape index (κ2) is 8.81. The fraction of sp³-hybridized carbons (Fsp3) is 0.636. The monoisotopic (exact) mass is 356 g/mol. The van der Waals surface area contributed by atoms with E-state index in [1.54, 1.807) is 0 Å². The highest BCUT2D eigenvalue weighted by Crippen LogP contribution is 2.27. The smallest absolute Gasteiger partial charge is 0.223 e. The Hall–Kier alpha value is -1.68. The summed E-state index contributed by atoms with van der Waals surface area (Å²) in [5.74, 6) is 2.27. The van der Waals surface area contributed by atoms with E-state index in [2.05, 4.69) is 19.2 Å². The van der Waals surface area contributed by atoms with Crippen LogP contribution in [0.25, 0.3) is 0 Å². The van der Waals surface area contributed by atoms with Crippen LogP contribution in [-0.2, 0) is 11.2 Å². The van der Waals surface area contributed by atoms with Crippen molar-refractivity contribution in [1.82, 2.24) is 10.2 Å². The van der Waals surface area contributed by atoms with Crippen molar-refractivity contribution in [2.75, 3.05) is 26.2 Å². The first kappa shape index (κ1) is 19.1. The average Bonchev–Trinajstić information content (AvgIpc) is 2.98. The molecule has 0 bridgehead atoms. The zero-order valence-corrected chi connectivity index (χ0v) is 16.2. The molecule has 26 heavy (non-hydrogen) atoms. The van der Waals surface area contributed by atoms with Gasteiger partial charge in [-0.1, -0.05) is 38.1 Å². The van der Waals surface area contributed by atoms with E-state index in [1.165, 1.54) is 5.56 Å². The van der Waals surface area contributed by atoms with Gasteiger partial charge in [0.1, 0.15) is 0 Å². The maximum atomic E-state index is 12.5. The average molecular weight is 357 g/mol. The van der Waals surface area contributed by atoms with Crippen molar-refractivity contribution in [2.24, 2.45) is 17.8 Å². The summed E-state index contributed by atoms with van der Waals surface area (Å²) in [6.07, 6.45) is 3.86. The largest absolute Gasteiger partial charge is 0.343 e. The van der Waals surface area contributed by atoms with Gasteiger partial charge in [0.25, 0.3) is 0 Å². The van der Waals surface area contributed by atoms with Crippen molar-refractivity contribution >= 4 is 11.7 Å². The highest BCUT2D eigenvalue weighted by Gasteiger charge is 2.31. The minimum atomic E-state index is 0.0744. The van der Waals surface area contributed by atoms with Crippen LogP contribution >= 0.6 is 0 Å². The summed E-state index contributed by atoms with van der Waals surface area (Å²) < 4.78 is 0. The highest BCUT2D eigenvalue weighted by atomic mass is 16.2. The number of fused-ring (bicyclic) bond motifs is 1. The van der Waals surface area contributed by atoms with Crippen molar-refractivity contribution < 1.29 is 9.59 Å². The van der Waals surface area contributed by atoms with Crippen molar-refractivity contribution in [2.45, 2.75) is 46.0 Å². The summed E-state index contributed by atoms with van der Waals surface area (Å²) in [5.41, 5.74) is 1.99. The van der Waals surface area contributed by atoms with Gasteiger partial charge in [0.15, 0.2) is 5.78 Å². The normalized spacial score (nSPS) is 23.0. The Morgan fingerprint density at radius 1 is 1.04 bits per heavy atom. The molecule has 4 heteroatoms. The SMILES string of the molecule is CC(C)Cc1ccc(C(=O)CCC(=O)N2CC[C@@H]3CNC[C@@H]3CC2)cc1. The Balaban J connectivity index is 1.47. The van der Waals surface area contributed by atoms with Crippen molar-refractivity contribution in [1.29, 1.82) is 0 Å². The molecule has 0 radical (unpaired) electrons. The summed E-state index contributed by atoms with van der Waals surface area (Å²) in [6, 6.07) is 7.89. The first-order chi connectivity index (χ1) is 12.5. The lowest BCUT2D eigenvalue weighted by molar-refractivity contribution is -0.131. The van der Waals surface area contributed by atoms with Gasteiger partial charge >= 0.3 is 0 Å². The molecule has 0 aromatic heterocycles. The summed E-state index contributed by atoms with van der Waals surface area (Å²) >= 11 is 0. The van der Waals surface area contributed by atoms with Crippen LogP contribution in [0.2, 0.25) is 0 Å². The summed E-state index contributed by atoms with van der Waals surface area (Å²) in [5, 5.41) is 3.46. The van der Waals surface area contributed by atoms with Crippen molar-refractivity contribution in [3.8, 4) is 0 Å². The first-order valence-electron chi connectivity index (χ1n) is 10.1. The van der Waals surface area contributed by atoms with Crippen molar-refractivity contribution in [3.63, 3.8) is 0 Å². The number of carbonyl (C=O) groups excluding carboxylic acids is 2. The maximum absolute atomic E-state index is 12.5. The molecule has 1 N–H and O–H groups in total. The van der Waals surface area contributed by atoms with Gasteiger partial charge in [0.05, 0.1) is 0 Å². The Labute approximate surface area is 157 Å². The molecule has 3 rings (SSSR count). The van der Waals surface area contributed by atoms with E-state index in [1.807, 2.05) is 29.2 Å². The highest BCUT2D eigenvalue weighted by molar-refractivity contribution is 5.98. The third-order valence-corrected chi connectivity index (χ3v) is 5.86. The molecule has 1 amide bonds. The standard InChI is InChI=1S/C22H32N2O2/c1-16(2)13-17-3-5-18(6-4-17)21(25)7-8-22(26)24-11-9-19-14-23-15-20(19)10-12-24/h3-6,16,19-20,23H,7-15H2,1-2H3/t19-,20+. The molecule has 1 aromatic rings. The van der Waals surface area contributed by atoms with E-state index >= 15 is 0 Å². The van der Waals surface area contributed by atoms with Gasteiger partial charge in [0.2, 0.25) is 5.91 Å². The zero-order chi connectivity index (χ0) is 18.5. The van der Waals surface area contributed by atoms with Crippen molar-refractivity contribution in [3.05, 3.63) is 35.4 Å². The first-order valence-corrected chi connectivity index (χ1v) is 10.1. The molecule has 2 saturated heterocycles. The number of nitrogens with one attached hydrogen (secondary N) is 1. The molecule has 142 valence electrons. The van der Waals surface area contributed by atoms with E-state index in [0.29, 0.717) is 18.8 Å². The summed E-state index contributed by atoms with van der Waals surface area (Å²) in [7, 11) is 0. The molecule has 2 aliphatic heterocycles. The Morgan fingerprint density at radius 3 is 2.23 bits per heavy atom. The number of hydrogen-bond donors (Lipinski definition) is 1. The van der Waals surface area contributed by atoms with E-state index < -0.39 is 0 Å². The quantitative estimate of drug-likeness (QED) is 0.796. The molecule has 2 heterocycles. The van der Waals surface area contributed by atoms with Gasteiger partial charge < -0.3 is 10.2 Å². The number of nitrogens with zero attached hydrogens (tertiary/aromatic N) is 1. The van der Waals surface area contributed by atoms with Gasteiger partial charge in [-0.15, -0.1) is 0 Å². The summed E-state index contributed by atoms with van der Waals surface area (Å²) in [4.78, 5) is 26.9. The molecular weight excluding hydrogens is 324 g/mol. The third kappa shape index (κ3) is 4.94. The molecule has 4 nitrogen and oxygen atoms in total. The van der Waals surface area contributed by atoms with E-state index in [9.17, 15) is 9.59 Å². The van der Waals surface area contributed by atoms with Crippen LogP contribution in [0.1, 0.15) is 55.5 Å². The number of likely N-dealkylation sites (tertiary alicyclic amines) is 1. The topological polar surface area (TPSA) is 49.4 Å². The number of rotatable bonds is 6. The van der Waals surface area contributed by atoms with Gasteiger partial charge in [-0.25, -0.2) is 0 Å². The van der Waals surface area contributed by atoms with Gasteiger partial charge in [-0.05, 0) is 55.7 Å². The van der Waals surface area contributed by atoms with Crippen LogP contribution in [0.4, 0.5) is 0 Å². The van der Waals surface area contributed by atoms with Crippen LogP contribution in [0.15, 0.2) is 24.3 Å². The Bertz CT molecular complexity index is 610. The third-order valence-electron chi connectivity index (χ3n) is 5.86. The number of hydrogen-bond acceptors (Lipinski definition) is 3. The molecule has 0 spiro atoms. The van der Waals surface area contributed by atoms with Crippen LogP contribution < -0.4 is 5.32 Å². The minimum Gasteiger partial charge on any atom is -0.343 e. The zero-order valence-electron chi connectivity index (χ0n) is 16.2. The molecule has 0 unspecified atom stereocenters. The number of carbonyl (C=O) groups is 2. The predicted octanol–water partition coefficient (Wildman–Crippen LogP) is 3.31. The van der Waals surface area contributed by atoms with Crippen LogP contribution in [0.5, 0.6) is 0 Å². The Kier molecular flexibility index (Phi) is 6.47. The lowest BCUT2D eigenvalue weighted by atomic mass is 9.92. The molecule has 1 aromatic carbocycles. The fourth-order valence-electron chi connectivity index (χ4n) is 4.29. The van der Waals surface area contributed by atoms with Crippen LogP contribution in [-0.4, -0.2) is 42.8 Å². The fourth-order valence-corrected chi connectivity index (χ4v) is 4.29. The van der Waals surface area contributed by atoms with E-state index in [4.69, 9.17) is 0 Å². The number of ketones is 1. The molecule has 2 atom stereocenters. The molecule has 0 saturated carbocycles. The minimum absolute atomic E-state index is 0.0744. The van der Waals surface area contributed by atoms with Gasteiger partial charge in [0, 0.05) is 31.5 Å². The molecular formula is C22H32N2O2. The molecule has 2 fully saturated rings. The number of amides is 1.